The van der Waals surface area contributed by atoms with Crippen LogP contribution in [0.1, 0.15) is 303 Å². The Labute approximate surface area is 492 Å². The molecule has 0 spiro atoms. The van der Waals surface area contributed by atoms with Gasteiger partial charge in [-0.3, -0.25) is 4.79 Å². The molecular weight excluding hydrogens is 995 g/mol. The number of hydrogen-bond donors (Lipinski definition) is 6. The molecule has 1 aliphatic heterocycles. The molecule has 80 heavy (non-hydrogen) atoms. The van der Waals surface area contributed by atoms with Crippen molar-refractivity contribution in [3.8, 4) is 0 Å². The molecule has 1 heterocycles. The fourth-order valence-electron chi connectivity index (χ4n) is 10.5. The minimum Gasteiger partial charge on any atom is -0.394 e. The van der Waals surface area contributed by atoms with E-state index in [9.17, 15) is 30.3 Å². The van der Waals surface area contributed by atoms with Crippen LogP contribution in [0.5, 0.6) is 0 Å². The largest absolute Gasteiger partial charge is 0.394 e. The minimum absolute atomic E-state index is 0.137. The maximum atomic E-state index is 13.1. The highest BCUT2D eigenvalue weighted by molar-refractivity contribution is 5.76. The first-order valence-corrected chi connectivity index (χ1v) is 33.8. The summed E-state index contributed by atoms with van der Waals surface area (Å²) in [6.45, 7) is 3.75. The molecule has 1 fully saturated rings. The summed E-state index contributed by atoms with van der Waals surface area (Å²) in [6, 6.07) is -0.722. The van der Waals surface area contributed by atoms with Gasteiger partial charge in [0.1, 0.15) is 24.4 Å². The van der Waals surface area contributed by atoms with E-state index in [4.69, 9.17) is 9.47 Å². The smallest absolute Gasteiger partial charge is 0.220 e. The first kappa shape index (κ1) is 75.4. The fourth-order valence-corrected chi connectivity index (χ4v) is 10.5. The van der Waals surface area contributed by atoms with Crippen molar-refractivity contribution in [2.24, 2.45) is 0 Å². The highest BCUT2D eigenvalue weighted by Gasteiger charge is 2.44. The van der Waals surface area contributed by atoms with Crippen molar-refractivity contribution >= 4 is 5.91 Å². The first-order valence-electron chi connectivity index (χ1n) is 33.8. The topological polar surface area (TPSA) is 149 Å². The number of amides is 1. The summed E-state index contributed by atoms with van der Waals surface area (Å²) < 4.78 is 11.3. The normalized spacial score (nSPS) is 19.0. The molecule has 1 saturated heterocycles. The van der Waals surface area contributed by atoms with Gasteiger partial charge in [0.15, 0.2) is 6.29 Å². The summed E-state index contributed by atoms with van der Waals surface area (Å²) >= 11 is 0. The van der Waals surface area contributed by atoms with Crippen molar-refractivity contribution in [2.75, 3.05) is 13.2 Å². The van der Waals surface area contributed by atoms with Crippen molar-refractivity contribution in [1.82, 2.24) is 5.32 Å². The number of nitrogens with one attached hydrogen (secondary N) is 1. The second kappa shape index (κ2) is 59.5. The zero-order valence-electron chi connectivity index (χ0n) is 51.8. The lowest BCUT2D eigenvalue weighted by Gasteiger charge is -2.40. The Hall–Kier alpha value is -2.63. The third-order valence-electron chi connectivity index (χ3n) is 15.8. The van der Waals surface area contributed by atoms with E-state index in [1.807, 2.05) is 0 Å². The Bertz CT molecular complexity index is 1540. The number of carbonyl (C=O) groups is 1. The standard InChI is InChI=1S/C71H127NO8/c1-3-5-7-9-11-13-15-17-19-21-23-24-25-26-27-28-29-30-31-32-33-34-35-36-37-38-39-40-41-42-43-45-47-49-51-53-55-57-59-61-67(75)72-64(63-79-71-70(78)69(77)68(76)66(62-73)80-71)65(74)60-58-56-54-52-50-48-46-44-22-20-18-16-14-12-10-8-6-4-2/h5,7,11,13,17,19,23-24,26-27,29-30,32-33,64-66,68-71,73-74,76-78H,3-4,6,8-10,12,14-16,18,20-22,25,28,31,34-63H2,1-2H3,(H,72,75)/b7-5-,13-11-,19-17-,24-23-,27-26-,30-29-,33-32-. The van der Waals surface area contributed by atoms with E-state index in [1.54, 1.807) is 0 Å². The summed E-state index contributed by atoms with van der Waals surface area (Å²) in [5.74, 6) is -0.142. The van der Waals surface area contributed by atoms with E-state index in [0.717, 1.165) is 83.5 Å². The molecule has 0 aromatic carbocycles. The van der Waals surface area contributed by atoms with Crippen molar-refractivity contribution in [3.63, 3.8) is 0 Å². The molecule has 1 aliphatic rings. The first-order chi connectivity index (χ1) is 39.3. The quantitative estimate of drug-likeness (QED) is 0.0261. The lowest BCUT2D eigenvalue weighted by molar-refractivity contribution is -0.302. The third kappa shape index (κ3) is 47.8. The summed E-state index contributed by atoms with van der Waals surface area (Å²) in [5, 5.41) is 54.8. The van der Waals surface area contributed by atoms with Gasteiger partial charge in [-0.1, -0.05) is 311 Å². The number of allylic oxidation sites excluding steroid dienone is 14. The van der Waals surface area contributed by atoms with E-state index in [2.05, 4.69) is 104 Å². The van der Waals surface area contributed by atoms with Crippen LogP contribution in [0, 0.1) is 0 Å². The van der Waals surface area contributed by atoms with Crippen LogP contribution >= 0.6 is 0 Å². The third-order valence-corrected chi connectivity index (χ3v) is 15.8. The Kier molecular flexibility index (Phi) is 56.1. The van der Waals surface area contributed by atoms with E-state index in [-0.39, 0.29) is 12.5 Å². The predicted molar refractivity (Wildman–Crippen MR) is 341 cm³/mol. The van der Waals surface area contributed by atoms with E-state index in [1.165, 1.54) is 193 Å². The molecule has 0 aromatic rings. The molecule has 1 rings (SSSR count). The second-order valence-electron chi connectivity index (χ2n) is 23.2. The van der Waals surface area contributed by atoms with Gasteiger partial charge in [0, 0.05) is 6.42 Å². The summed E-state index contributed by atoms with van der Waals surface area (Å²) in [5.41, 5.74) is 0. The molecule has 6 N–H and O–H groups in total. The molecule has 7 unspecified atom stereocenters. The van der Waals surface area contributed by atoms with Crippen LogP contribution in [0.3, 0.4) is 0 Å². The SMILES string of the molecule is CC/C=C\C/C=C\C/C=C\C/C=C\C/C=C\C/C=C\C/C=C\CCCCCCCCCCCCCCCCCCCC(=O)NC(COC1OC(CO)C(O)C(O)C1O)C(O)CCCCCCCCCCCCCCCCCCCC. The van der Waals surface area contributed by atoms with Gasteiger partial charge in [0.2, 0.25) is 5.91 Å². The van der Waals surface area contributed by atoms with Gasteiger partial charge in [0.25, 0.3) is 0 Å². The Morgan fingerprint density at radius 1 is 0.438 bits per heavy atom. The van der Waals surface area contributed by atoms with Crippen LogP contribution in [-0.2, 0) is 14.3 Å². The van der Waals surface area contributed by atoms with Gasteiger partial charge in [-0.2, -0.15) is 0 Å². The average molecular weight is 1120 g/mol. The Morgan fingerprint density at radius 3 is 1.15 bits per heavy atom. The van der Waals surface area contributed by atoms with Crippen LogP contribution in [-0.4, -0.2) is 87.5 Å². The van der Waals surface area contributed by atoms with Gasteiger partial charge in [-0.05, 0) is 70.6 Å². The molecule has 0 radical (unpaired) electrons. The maximum absolute atomic E-state index is 13.1. The number of ether oxygens (including phenoxy) is 2. The predicted octanol–water partition coefficient (Wildman–Crippen LogP) is 18.1. The molecule has 9 nitrogen and oxygen atoms in total. The molecule has 464 valence electrons. The van der Waals surface area contributed by atoms with E-state index >= 15 is 0 Å². The number of carbonyl (C=O) groups excluding carboxylic acids is 1. The van der Waals surface area contributed by atoms with Gasteiger partial charge < -0.3 is 40.3 Å². The molecule has 7 atom stereocenters. The zero-order chi connectivity index (χ0) is 57.9. The van der Waals surface area contributed by atoms with Crippen molar-refractivity contribution < 1.29 is 39.8 Å². The fraction of sp³-hybridized carbons (Fsp3) is 0.789. The molecule has 9 heteroatoms. The van der Waals surface area contributed by atoms with Gasteiger partial charge in [-0.25, -0.2) is 0 Å². The van der Waals surface area contributed by atoms with Crippen molar-refractivity contribution in [1.29, 1.82) is 0 Å². The number of hydrogen-bond acceptors (Lipinski definition) is 8. The van der Waals surface area contributed by atoms with Crippen molar-refractivity contribution in [2.45, 2.75) is 346 Å². The Balaban J connectivity index is 2.08. The molecular formula is C71H127NO8. The molecule has 1 amide bonds. The second-order valence-corrected chi connectivity index (χ2v) is 23.2. The monoisotopic (exact) mass is 1120 g/mol. The molecule has 0 aliphatic carbocycles. The van der Waals surface area contributed by atoms with Gasteiger partial charge >= 0.3 is 0 Å². The Morgan fingerprint density at radius 2 is 0.775 bits per heavy atom. The average Bonchev–Trinajstić information content (AvgIpc) is 3.46. The zero-order valence-corrected chi connectivity index (χ0v) is 51.8. The summed E-state index contributed by atoms with van der Waals surface area (Å²) in [4.78, 5) is 13.1. The van der Waals surface area contributed by atoms with Crippen LogP contribution < -0.4 is 5.32 Å². The molecule has 0 bridgehead atoms. The molecule has 0 aromatic heterocycles. The lowest BCUT2D eigenvalue weighted by Crippen LogP contribution is -2.60. The highest BCUT2D eigenvalue weighted by atomic mass is 16.7. The number of rotatable bonds is 58. The van der Waals surface area contributed by atoms with Crippen molar-refractivity contribution in [3.05, 3.63) is 85.1 Å². The van der Waals surface area contributed by atoms with E-state index in [0.29, 0.717) is 12.8 Å². The minimum atomic E-state index is -1.56. The van der Waals surface area contributed by atoms with Gasteiger partial charge in [0.05, 0.1) is 25.4 Å². The highest BCUT2D eigenvalue weighted by Crippen LogP contribution is 2.23. The summed E-state index contributed by atoms with van der Waals surface area (Å²) in [7, 11) is 0. The lowest BCUT2D eigenvalue weighted by atomic mass is 9.99. The summed E-state index contributed by atoms with van der Waals surface area (Å²) in [6.07, 6.45) is 77.8. The van der Waals surface area contributed by atoms with Crippen LogP contribution in [0.15, 0.2) is 85.1 Å². The maximum Gasteiger partial charge on any atom is 0.220 e. The number of unbranched alkanes of at least 4 members (excludes halogenated alkanes) is 34. The van der Waals surface area contributed by atoms with Crippen LogP contribution in [0.2, 0.25) is 0 Å². The van der Waals surface area contributed by atoms with E-state index < -0.39 is 49.5 Å². The van der Waals surface area contributed by atoms with Gasteiger partial charge in [-0.15, -0.1) is 0 Å². The molecule has 0 saturated carbocycles. The van der Waals surface area contributed by atoms with Crippen LogP contribution in [0.25, 0.3) is 0 Å². The number of aliphatic hydroxyl groups excluding tert-OH is 5. The number of aliphatic hydroxyl groups is 5. The van der Waals surface area contributed by atoms with Crippen LogP contribution in [0.4, 0.5) is 0 Å².